The molecular formula is C15H12ClN3O. The maximum Gasteiger partial charge on any atom is 0.248 e. The van der Waals surface area contributed by atoms with E-state index in [1.54, 1.807) is 6.07 Å². The molecule has 20 heavy (non-hydrogen) atoms. The summed E-state index contributed by atoms with van der Waals surface area (Å²) >= 11 is 6.11. The number of rotatable bonds is 3. The summed E-state index contributed by atoms with van der Waals surface area (Å²) in [6.07, 6.45) is 0. The molecule has 0 amide bonds. The van der Waals surface area contributed by atoms with Crippen LogP contribution in [-0.2, 0) is 0 Å². The Morgan fingerprint density at radius 2 is 1.70 bits per heavy atom. The normalized spacial score (nSPS) is 12.3. The van der Waals surface area contributed by atoms with E-state index in [9.17, 15) is 0 Å². The zero-order valence-corrected chi connectivity index (χ0v) is 11.3. The highest BCUT2D eigenvalue weighted by molar-refractivity contribution is 6.33. The van der Waals surface area contributed by atoms with Crippen LogP contribution in [0.2, 0.25) is 5.02 Å². The van der Waals surface area contributed by atoms with Crippen LogP contribution in [0.1, 0.15) is 17.5 Å². The fourth-order valence-electron chi connectivity index (χ4n) is 1.92. The SMILES string of the molecule is N[C@H](c1ccccc1)c1nc(-c2ccccc2Cl)no1. The number of halogens is 1. The Balaban J connectivity index is 1.93. The Kier molecular flexibility index (Phi) is 3.50. The Labute approximate surface area is 121 Å². The molecule has 0 unspecified atom stereocenters. The average molecular weight is 286 g/mol. The number of hydrogen-bond donors (Lipinski definition) is 1. The summed E-state index contributed by atoms with van der Waals surface area (Å²) in [4.78, 5) is 4.33. The molecule has 2 N–H and O–H groups in total. The van der Waals surface area contributed by atoms with Gasteiger partial charge in [-0.1, -0.05) is 59.2 Å². The molecule has 0 saturated carbocycles. The van der Waals surface area contributed by atoms with E-state index in [0.717, 1.165) is 11.1 Å². The predicted molar refractivity (Wildman–Crippen MR) is 77.2 cm³/mol. The lowest BCUT2D eigenvalue weighted by Gasteiger charge is -2.05. The molecule has 4 nitrogen and oxygen atoms in total. The average Bonchev–Trinajstić information content (AvgIpc) is 2.97. The van der Waals surface area contributed by atoms with E-state index in [-0.39, 0.29) is 0 Å². The molecule has 0 bridgehead atoms. The van der Waals surface area contributed by atoms with E-state index in [0.29, 0.717) is 16.7 Å². The van der Waals surface area contributed by atoms with E-state index in [1.807, 2.05) is 48.5 Å². The summed E-state index contributed by atoms with van der Waals surface area (Å²) in [6.45, 7) is 0. The topological polar surface area (TPSA) is 64.9 Å². The molecule has 0 aliphatic heterocycles. The van der Waals surface area contributed by atoms with Crippen molar-refractivity contribution in [2.75, 3.05) is 0 Å². The number of nitrogens with two attached hydrogens (primary N) is 1. The lowest BCUT2D eigenvalue weighted by molar-refractivity contribution is 0.367. The molecule has 0 saturated heterocycles. The third kappa shape index (κ3) is 2.43. The van der Waals surface area contributed by atoms with Gasteiger partial charge in [0.15, 0.2) is 0 Å². The van der Waals surface area contributed by atoms with Gasteiger partial charge in [-0.2, -0.15) is 4.98 Å². The van der Waals surface area contributed by atoms with Gasteiger partial charge in [-0.25, -0.2) is 0 Å². The second-order valence-electron chi connectivity index (χ2n) is 4.32. The Morgan fingerprint density at radius 1 is 1.00 bits per heavy atom. The summed E-state index contributed by atoms with van der Waals surface area (Å²) in [5.74, 6) is 0.808. The van der Waals surface area contributed by atoms with E-state index in [2.05, 4.69) is 10.1 Å². The molecular weight excluding hydrogens is 274 g/mol. The first kappa shape index (κ1) is 12.8. The molecule has 0 aliphatic carbocycles. The Bertz CT molecular complexity index is 712. The van der Waals surface area contributed by atoms with Gasteiger partial charge < -0.3 is 10.3 Å². The van der Waals surface area contributed by atoms with E-state index in [4.69, 9.17) is 21.9 Å². The minimum atomic E-state index is -0.445. The molecule has 100 valence electrons. The first-order valence-corrected chi connectivity index (χ1v) is 6.52. The summed E-state index contributed by atoms with van der Waals surface area (Å²) < 4.78 is 5.25. The van der Waals surface area contributed by atoms with E-state index >= 15 is 0 Å². The van der Waals surface area contributed by atoms with Crippen LogP contribution in [0.3, 0.4) is 0 Å². The first-order valence-electron chi connectivity index (χ1n) is 6.15. The lowest BCUT2D eigenvalue weighted by Crippen LogP contribution is -2.11. The molecule has 0 radical (unpaired) electrons. The van der Waals surface area contributed by atoms with Crippen LogP contribution in [0.15, 0.2) is 59.1 Å². The van der Waals surface area contributed by atoms with Crippen molar-refractivity contribution in [3.05, 3.63) is 71.1 Å². The van der Waals surface area contributed by atoms with Crippen molar-refractivity contribution in [3.8, 4) is 11.4 Å². The van der Waals surface area contributed by atoms with Gasteiger partial charge in [0.1, 0.15) is 6.04 Å². The molecule has 5 heteroatoms. The molecule has 1 aromatic heterocycles. The van der Waals surface area contributed by atoms with Crippen LogP contribution in [0.25, 0.3) is 11.4 Å². The highest BCUT2D eigenvalue weighted by Crippen LogP contribution is 2.26. The third-order valence-electron chi connectivity index (χ3n) is 2.98. The smallest absolute Gasteiger partial charge is 0.248 e. The van der Waals surface area contributed by atoms with Crippen LogP contribution in [0.4, 0.5) is 0 Å². The second kappa shape index (κ2) is 5.45. The Morgan fingerprint density at radius 3 is 2.45 bits per heavy atom. The van der Waals surface area contributed by atoms with Crippen LogP contribution in [-0.4, -0.2) is 10.1 Å². The summed E-state index contributed by atoms with van der Waals surface area (Å²) in [6, 6.07) is 16.5. The molecule has 0 aliphatic rings. The molecule has 0 spiro atoms. The van der Waals surface area contributed by atoms with E-state index < -0.39 is 6.04 Å². The van der Waals surface area contributed by atoms with Crippen molar-refractivity contribution < 1.29 is 4.52 Å². The molecule has 0 fully saturated rings. The maximum absolute atomic E-state index is 6.12. The minimum absolute atomic E-state index is 0.367. The van der Waals surface area contributed by atoms with Crippen molar-refractivity contribution in [1.29, 1.82) is 0 Å². The van der Waals surface area contributed by atoms with Gasteiger partial charge in [0.05, 0.1) is 5.02 Å². The third-order valence-corrected chi connectivity index (χ3v) is 3.31. The van der Waals surface area contributed by atoms with Gasteiger partial charge in [0, 0.05) is 5.56 Å². The molecule has 3 aromatic rings. The standard InChI is InChI=1S/C15H12ClN3O/c16-12-9-5-4-8-11(12)14-18-15(20-19-14)13(17)10-6-2-1-3-7-10/h1-9,13H,17H2/t13-/m1/s1. The number of benzene rings is 2. The number of hydrogen-bond acceptors (Lipinski definition) is 4. The van der Waals surface area contributed by atoms with Crippen molar-refractivity contribution in [1.82, 2.24) is 10.1 Å². The molecule has 1 atom stereocenters. The van der Waals surface area contributed by atoms with Crippen molar-refractivity contribution in [3.63, 3.8) is 0 Å². The number of aromatic nitrogens is 2. The van der Waals surface area contributed by atoms with Gasteiger partial charge in [-0.05, 0) is 17.7 Å². The predicted octanol–water partition coefficient (Wildman–Crippen LogP) is 3.44. The quantitative estimate of drug-likeness (QED) is 0.800. The summed E-state index contributed by atoms with van der Waals surface area (Å²) in [7, 11) is 0. The van der Waals surface area contributed by atoms with Gasteiger partial charge in [0.25, 0.3) is 0 Å². The lowest BCUT2D eigenvalue weighted by atomic mass is 10.1. The highest BCUT2D eigenvalue weighted by atomic mass is 35.5. The van der Waals surface area contributed by atoms with Gasteiger partial charge in [-0.15, -0.1) is 0 Å². The van der Waals surface area contributed by atoms with Crippen LogP contribution < -0.4 is 5.73 Å². The van der Waals surface area contributed by atoms with Crippen LogP contribution >= 0.6 is 11.6 Å². The summed E-state index contributed by atoms with van der Waals surface area (Å²) in [5.41, 5.74) is 7.76. The van der Waals surface area contributed by atoms with Crippen LogP contribution in [0.5, 0.6) is 0 Å². The zero-order chi connectivity index (χ0) is 13.9. The van der Waals surface area contributed by atoms with E-state index in [1.165, 1.54) is 0 Å². The monoisotopic (exact) mass is 285 g/mol. The largest absolute Gasteiger partial charge is 0.337 e. The van der Waals surface area contributed by atoms with Crippen molar-refractivity contribution in [2.45, 2.75) is 6.04 Å². The highest BCUT2D eigenvalue weighted by Gasteiger charge is 2.18. The zero-order valence-electron chi connectivity index (χ0n) is 10.5. The fraction of sp³-hybridized carbons (Fsp3) is 0.0667. The minimum Gasteiger partial charge on any atom is -0.337 e. The molecule has 3 rings (SSSR count). The Hall–Kier alpha value is -2.17. The van der Waals surface area contributed by atoms with Crippen molar-refractivity contribution >= 4 is 11.6 Å². The van der Waals surface area contributed by atoms with Gasteiger partial charge >= 0.3 is 0 Å². The molecule has 2 aromatic carbocycles. The van der Waals surface area contributed by atoms with Gasteiger partial charge in [0.2, 0.25) is 11.7 Å². The van der Waals surface area contributed by atoms with Crippen LogP contribution in [0, 0.1) is 0 Å². The fourth-order valence-corrected chi connectivity index (χ4v) is 2.14. The van der Waals surface area contributed by atoms with Crippen molar-refractivity contribution in [2.24, 2.45) is 5.73 Å². The second-order valence-corrected chi connectivity index (χ2v) is 4.73. The van der Waals surface area contributed by atoms with Gasteiger partial charge in [-0.3, -0.25) is 0 Å². The number of nitrogens with zero attached hydrogens (tertiary/aromatic N) is 2. The summed E-state index contributed by atoms with van der Waals surface area (Å²) in [5, 5.41) is 4.52. The first-order chi connectivity index (χ1) is 9.75. The maximum atomic E-state index is 6.12. The molecule has 1 heterocycles.